The van der Waals surface area contributed by atoms with Crippen LogP contribution in [0, 0.1) is 11.6 Å². The summed E-state index contributed by atoms with van der Waals surface area (Å²) in [6.07, 6.45) is 2.15. The summed E-state index contributed by atoms with van der Waals surface area (Å²) in [7, 11) is 0. The maximum atomic E-state index is 14.8. The van der Waals surface area contributed by atoms with E-state index in [0.29, 0.717) is 0 Å². The zero-order valence-electron chi connectivity index (χ0n) is 13.9. The number of carboxylic acids is 1. The second-order valence-corrected chi connectivity index (χ2v) is 5.68. The van der Waals surface area contributed by atoms with Crippen molar-refractivity contribution in [3.63, 3.8) is 0 Å². The van der Waals surface area contributed by atoms with Gasteiger partial charge in [-0.2, -0.15) is 5.10 Å². The van der Waals surface area contributed by atoms with Crippen LogP contribution in [-0.2, 0) is 0 Å². The van der Waals surface area contributed by atoms with Gasteiger partial charge in [0.25, 0.3) is 5.56 Å². The maximum Gasteiger partial charge on any atom is 0.338 e. The van der Waals surface area contributed by atoms with E-state index in [1.807, 2.05) is 0 Å². The maximum absolute atomic E-state index is 14.8. The molecule has 2 heterocycles. The number of nitrogens with one attached hydrogen (secondary N) is 1. The average Bonchev–Trinajstić information content (AvgIpc) is 3.16. The predicted molar refractivity (Wildman–Crippen MR) is 92.9 cm³/mol. The van der Waals surface area contributed by atoms with Gasteiger partial charge in [-0.25, -0.2) is 23.2 Å². The minimum absolute atomic E-state index is 0.147. The van der Waals surface area contributed by atoms with Gasteiger partial charge in [0.1, 0.15) is 11.1 Å². The lowest BCUT2D eigenvalue weighted by Crippen LogP contribution is -2.16. The SMILES string of the molecule is O=C(O)c1cnn(-c2nc3cc(F)c(Oc4ccccc4)c(F)c3c(=O)[nH]2)c1. The number of carbonyl (C=O) groups is 1. The van der Waals surface area contributed by atoms with Crippen molar-refractivity contribution in [1.29, 1.82) is 0 Å². The highest BCUT2D eigenvalue weighted by Crippen LogP contribution is 2.31. The van der Waals surface area contributed by atoms with E-state index in [1.165, 1.54) is 12.1 Å². The van der Waals surface area contributed by atoms with Gasteiger partial charge >= 0.3 is 5.97 Å². The molecule has 10 heteroatoms. The van der Waals surface area contributed by atoms with Crippen molar-refractivity contribution in [2.24, 2.45) is 0 Å². The molecule has 8 nitrogen and oxygen atoms in total. The first-order valence-electron chi connectivity index (χ1n) is 7.87. The second-order valence-electron chi connectivity index (χ2n) is 5.68. The number of ether oxygens (including phenoxy) is 1. The fourth-order valence-electron chi connectivity index (χ4n) is 2.56. The van der Waals surface area contributed by atoms with Crippen LogP contribution in [0.15, 0.2) is 53.6 Å². The third-order valence-electron chi connectivity index (χ3n) is 3.84. The topological polar surface area (TPSA) is 110 Å². The summed E-state index contributed by atoms with van der Waals surface area (Å²) in [6.45, 7) is 0. The summed E-state index contributed by atoms with van der Waals surface area (Å²) < 4.78 is 35.4. The summed E-state index contributed by atoms with van der Waals surface area (Å²) in [5.74, 6) is -4.21. The lowest BCUT2D eigenvalue weighted by atomic mass is 10.2. The van der Waals surface area contributed by atoms with Gasteiger partial charge in [-0.15, -0.1) is 0 Å². The van der Waals surface area contributed by atoms with Crippen molar-refractivity contribution < 1.29 is 23.4 Å². The number of aromatic nitrogens is 4. The van der Waals surface area contributed by atoms with Crippen molar-refractivity contribution in [3.05, 3.63) is 76.3 Å². The molecule has 0 unspecified atom stereocenters. The van der Waals surface area contributed by atoms with Crippen LogP contribution in [0.3, 0.4) is 0 Å². The van der Waals surface area contributed by atoms with E-state index < -0.39 is 34.3 Å². The average molecular weight is 384 g/mol. The Hall–Kier alpha value is -4.08. The number of hydrogen-bond acceptors (Lipinski definition) is 5. The number of nitrogens with zero attached hydrogens (tertiary/aromatic N) is 3. The molecule has 0 aliphatic rings. The summed E-state index contributed by atoms with van der Waals surface area (Å²) in [5, 5.41) is 12.2. The summed E-state index contributed by atoms with van der Waals surface area (Å²) in [5.41, 5.74) is -1.32. The van der Waals surface area contributed by atoms with Crippen molar-refractivity contribution in [2.45, 2.75) is 0 Å². The fraction of sp³-hybridized carbons (Fsp3) is 0. The minimum atomic E-state index is -1.23. The van der Waals surface area contributed by atoms with Crippen LogP contribution in [0.4, 0.5) is 8.78 Å². The number of H-pyrrole nitrogens is 1. The van der Waals surface area contributed by atoms with Crippen molar-refractivity contribution in [1.82, 2.24) is 19.7 Å². The smallest absolute Gasteiger partial charge is 0.338 e. The highest BCUT2D eigenvalue weighted by molar-refractivity contribution is 5.87. The fourth-order valence-corrected chi connectivity index (χ4v) is 2.56. The Balaban J connectivity index is 1.84. The van der Waals surface area contributed by atoms with Crippen LogP contribution >= 0.6 is 0 Å². The van der Waals surface area contributed by atoms with Gasteiger partial charge in [0, 0.05) is 12.3 Å². The van der Waals surface area contributed by atoms with Crippen LogP contribution in [0.2, 0.25) is 0 Å². The second kappa shape index (κ2) is 6.58. The van der Waals surface area contributed by atoms with E-state index >= 15 is 0 Å². The largest absolute Gasteiger partial charge is 0.478 e. The van der Waals surface area contributed by atoms with Gasteiger partial charge in [0.15, 0.2) is 17.4 Å². The quantitative estimate of drug-likeness (QED) is 0.560. The first-order chi connectivity index (χ1) is 13.4. The number of para-hydroxylation sites is 1. The van der Waals surface area contributed by atoms with Crippen molar-refractivity contribution in [3.8, 4) is 17.4 Å². The Morgan fingerprint density at radius 3 is 2.64 bits per heavy atom. The molecule has 0 spiro atoms. The Morgan fingerprint density at radius 1 is 1.21 bits per heavy atom. The van der Waals surface area contributed by atoms with Gasteiger partial charge in [-0.05, 0) is 12.1 Å². The van der Waals surface area contributed by atoms with Gasteiger partial charge in [0.2, 0.25) is 5.95 Å². The molecule has 28 heavy (non-hydrogen) atoms. The number of aromatic carboxylic acids is 1. The van der Waals surface area contributed by atoms with E-state index in [4.69, 9.17) is 9.84 Å². The monoisotopic (exact) mass is 384 g/mol. The number of rotatable bonds is 4. The standard InChI is InChI=1S/C18H10F2N4O4/c19-11-6-12-13(14(20)15(11)28-10-4-2-1-3-5-10)16(25)23-18(22-12)24-8-9(7-21-24)17(26)27/h1-8H,(H,26,27)(H,22,23,25). The number of carboxylic acid groups (broad SMARTS) is 1. The minimum Gasteiger partial charge on any atom is -0.478 e. The number of hydrogen-bond donors (Lipinski definition) is 2. The van der Waals surface area contributed by atoms with Gasteiger partial charge < -0.3 is 9.84 Å². The van der Waals surface area contributed by atoms with Gasteiger partial charge in [-0.3, -0.25) is 9.78 Å². The highest BCUT2D eigenvalue weighted by atomic mass is 19.1. The predicted octanol–water partition coefficient (Wildman–Crippen LogP) is 2.88. The number of benzene rings is 2. The van der Waals surface area contributed by atoms with Crippen LogP contribution in [0.1, 0.15) is 10.4 Å². The highest BCUT2D eigenvalue weighted by Gasteiger charge is 2.21. The number of fused-ring (bicyclic) bond motifs is 1. The molecule has 2 aromatic carbocycles. The first-order valence-corrected chi connectivity index (χ1v) is 7.87. The molecule has 4 aromatic rings. The molecule has 0 radical (unpaired) electrons. The molecule has 0 amide bonds. The molecule has 0 atom stereocenters. The first kappa shape index (κ1) is 17.3. The van der Waals surface area contributed by atoms with Crippen LogP contribution in [-0.4, -0.2) is 30.8 Å². The molecule has 0 aliphatic carbocycles. The van der Waals surface area contributed by atoms with E-state index in [-0.39, 0.29) is 22.8 Å². The van der Waals surface area contributed by atoms with E-state index in [2.05, 4.69) is 15.1 Å². The van der Waals surface area contributed by atoms with E-state index in [9.17, 15) is 18.4 Å². The van der Waals surface area contributed by atoms with Gasteiger partial charge in [-0.1, -0.05) is 18.2 Å². The van der Waals surface area contributed by atoms with Crippen LogP contribution < -0.4 is 10.3 Å². The normalized spacial score (nSPS) is 10.9. The lowest BCUT2D eigenvalue weighted by Gasteiger charge is -2.10. The molecule has 0 bridgehead atoms. The van der Waals surface area contributed by atoms with Gasteiger partial charge in [0.05, 0.1) is 17.3 Å². The number of aromatic amines is 1. The third kappa shape index (κ3) is 2.96. The van der Waals surface area contributed by atoms with E-state index in [1.54, 1.807) is 18.2 Å². The zero-order chi connectivity index (χ0) is 19.8. The lowest BCUT2D eigenvalue weighted by molar-refractivity contribution is 0.0697. The Labute approximate surface area is 154 Å². The molecule has 0 fully saturated rings. The third-order valence-corrected chi connectivity index (χ3v) is 3.84. The zero-order valence-corrected chi connectivity index (χ0v) is 13.9. The number of halogens is 2. The molecule has 0 saturated heterocycles. The molecule has 2 N–H and O–H groups in total. The Morgan fingerprint density at radius 2 is 1.96 bits per heavy atom. The Bertz CT molecular complexity index is 1270. The molecule has 0 aliphatic heterocycles. The Kier molecular flexibility index (Phi) is 4.07. The summed E-state index contributed by atoms with van der Waals surface area (Å²) in [6, 6.07) is 8.83. The molecule has 0 saturated carbocycles. The van der Waals surface area contributed by atoms with E-state index in [0.717, 1.165) is 23.1 Å². The van der Waals surface area contributed by atoms with Crippen molar-refractivity contribution >= 4 is 16.9 Å². The molecular formula is C18H10F2N4O4. The summed E-state index contributed by atoms with van der Waals surface area (Å²) in [4.78, 5) is 29.6. The molecule has 2 aromatic heterocycles. The molecule has 140 valence electrons. The van der Waals surface area contributed by atoms with Crippen LogP contribution in [0.25, 0.3) is 16.9 Å². The molecule has 4 rings (SSSR count). The molecular weight excluding hydrogens is 374 g/mol. The van der Waals surface area contributed by atoms with Crippen LogP contribution in [0.5, 0.6) is 11.5 Å². The van der Waals surface area contributed by atoms with Crippen molar-refractivity contribution in [2.75, 3.05) is 0 Å². The summed E-state index contributed by atoms with van der Waals surface area (Å²) >= 11 is 0.